The van der Waals surface area contributed by atoms with E-state index in [4.69, 9.17) is 13.9 Å². The highest BCUT2D eigenvalue weighted by atomic mass is 16.5. The number of carbonyl (C=O) groups is 2. The van der Waals surface area contributed by atoms with Crippen LogP contribution in [0.4, 0.5) is 0 Å². The van der Waals surface area contributed by atoms with Crippen LogP contribution >= 0.6 is 0 Å². The van der Waals surface area contributed by atoms with Crippen LogP contribution < -0.4 is 0 Å². The number of esters is 1. The first kappa shape index (κ1) is 18.4. The first-order chi connectivity index (χ1) is 12.6. The molecule has 2 aromatic heterocycles. The molecule has 1 atom stereocenters. The fourth-order valence-electron chi connectivity index (χ4n) is 3.45. The van der Waals surface area contributed by atoms with Crippen molar-refractivity contribution in [3.8, 4) is 0 Å². The molecule has 140 valence electrons. The Morgan fingerprint density at radius 1 is 1.19 bits per heavy atom. The summed E-state index contributed by atoms with van der Waals surface area (Å²) in [6.45, 7) is -0.0457. The SMILES string of the molecule is COC(=O)c1coc2c1C(=O)CCC2.OCc1coc2c1C(O)CCC2. The highest BCUT2D eigenvalue weighted by molar-refractivity contribution is 6.07. The number of ketones is 1. The van der Waals surface area contributed by atoms with Crippen LogP contribution in [0.5, 0.6) is 0 Å². The Bertz CT molecular complexity index is 785. The lowest BCUT2D eigenvalue weighted by Gasteiger charge is -2.17. The Morgan fingerprint density at radius 3 is 2.65 bits per heavy atom. The van der Waals surface area contributed by atoms with E-state index in [2.05, 4.69) is 4.74 Å². The van der Waals surface area contributed by atoms with Crippen molar-refractivity contribution in [2.45, 2.75) is 51.2 Å². The number of hydrogen-bond donors (Lipinski definition) is 2. The van der Waals surface area contributed by atoms with Crippen LogP contribution in [-0.4, -0.2) is 29.1 Å². The number of ether oxygens (including phenoxy) is 1. The minimum atomic E-state index is -0.509. The van der Waals surface area contributed by atoms with Crippen LogP contribution in [0.2, 0.25) is 0 Å². The largest absolute Gasteiger partial charge is 0.469 e. The van der Waals surface area contributed by atoms with E-state index < -0.39 is 12.1 Å². The zero-order valence-electron chi connectivity index (χ0n) is 14.6. The van der Waals surface area contributed by atoms with E-state index in [-0.39, 0.29) is 18.0 Å². The van der Waals surface area contributed by atoms with Crippen LogP contribution in [0.3, 0.4) is 0 Å². The molecule has 2 aliphatic rings. The standard InChI is InChI=1S/C10H10O4.C9H12O3/c1-13-10(12)6-5-14-8-4-2-3-7(11)9(6)8;10-4-6-5-12-8-3-1-2-7(11)9(6)8/h5H,2-4H2,1H3;5,7,10-11H,1-4H2. The van der Waals surface area contributed by atoms with Crippen molar-refractivity contribution < 1.29 is 33.4 Å². The lowest BCUT2D eigenvalue weighted by molar-refractivity contribution is 0.0596. The first-order valence-electron chi connectivity index (χ1n) is 8.66. The van der Waals surface area contributed by atoms with Crippen molar-refractivity contribution >= 4 is 11.8 Å². The molecule has 0 radical (unpaired) electrons. The molecule has 2 aliphatic carbocycles. The zero-order chi connectivity index (χ0) is 18.7. The molecule has 0 spiro atoms. The summed E-state index contributed by atoms with van der Waals surface area (Å²) in [6, 6.07) is 0. The first-order valence-corrected chi connectivity index (χ1v) is 8.66. The fraction of sp³-hybridized carbons (Fsp3) is 0.474. The van der Waals surface area contributed by atoms with Crippen molar-refractivity contribution in [1.82, 2.24) is 0 Å². The average molecular weight is 362 g/mol. The molecule has 0 aliphatic heterocycles. The number of Topliss-reactive ketones (excluding diaryl/α,β-unsaturated/α-hetero) is 1. The van der Waals surface area contributed by atoms with Crippen LogP contribution in [0.25, 0.3) is 0 Å². The van der Waals surface area contributed by atoms with Crippen LogP contribution in [0.1, 0.15) is 75.2 Å². The minimum absolute atomic E-state index is 0.0274. The van der Waals surface area contributed by atoms with Crippen molar-refractivity contribution in [3.05, 3.63) is 46.3 Å². The van der Waals surface area contributed by atoms with Crippen LogP contribution in [0.15, 0.2) is 21.4 Å². The van der Waals surface area contributed by atoms with Gasteiger partial charge in [0.25, 0.3) is 0 Å². The van der Waals surface area contributed by atoms with Gasteiger partial charge >= 0.3 is 5.97 Å². The van der Waals surface area contributed by atoms with E-state index in [0.29, 0.717) is 17.7 Å². The third kappa shape index (κ3) is 3.45. The normalized spacial score (nSPS) is 18.4. The monoisotopic (exact) mass is 362 g/mol. The summed E-state index contributed by atoms with van der Waals surface area (Å²) in [5.74, 6) is 0.921. The second-order valence-electron chi connectivity index (χ2n) is 6.38. The molecule has 7 heteroatoms. The Labute approximate surface area is 150 Å². The lowest BCUT2D eigenvalue weighted by atomic mass is 9.93. The number of fused-ring (bicyclic) bond motifs is 2. The van der Waals surface area contributed by atoms with Gasteiger partial charge in [-0.2, -0.15) is 0 Å². The number of furan rings is 2. The molecule has 0 saturated carbocycles. The van der Waals surface area contributed by atoms with Crippen molar-refractivity contribution in [3.63, 3.8) is 0 Å². The van der Waals surface area contributed by atoms with Gasteiger partial charge in [0.2, 0.25) is 0 Å². The maximum atomic E-state index is 11.5. The molecule has 26 heavy (non-hydrogen) atoms. The zero-order valence-corrected chi connectivity index (χ0v) is 14.6. The van der Waals surface area contributed by atoms with E-state index in [1.165, 1.54) is 13.4 Å². The molecular weight excluding hydrogens is 340 g/mol. The molecule has 2 aromatic rings. The highest BCUT2D eigenvalue weighted by Gasteiger charge is 2.28. The van der Waals surface area contributed by atoms with Gasteiger partial charge in [-0.15, -0.1) is 0 Å². The predicted molar refractivity (Wildman–Crippen MR) is 89.8 cm³/mol. The highest BCUT2D eigenvalue weighted by Crippen LogP contribution is 2.33. The van der Waals surface area contributed by atoms with Crippen molar-refractivity contribution in [2.24, 2.45) is 0 Å². The van der Waals surface area contributed by atoms with E-state index in [1.807, 2.05) is 0 Å². The molecule has 2 N–H and O–H groups in total. The van der Waals surface area contributed by atoms with Gasteiger partial charge in [0.1, 0.15) is 23.3 Å². The molecule has 0 aromatic carbocycles. The molecule has 2 heterocycles. The third-order valence-electron chi connectivity index (χ3n) is 4.73. The Balaban J connectivity index is 0.000000152. The topological polar surface area (TPSA) is 110 Å². The second kappa shape index (κ2) is 7.88. The van der Waals surface area contributed by atoms with Gasteiger partial charge in [-0.05, 0) is 19.3 Å². The summed E-state index contributed by atoms with van der Waals surface area (Å²) in [6.07, 6.45) is 7.03. The van der Waals surface area contributed by atoms with Gasteiger partial charge in [-0.25, -0.2) is 4.79 Å². The maximum Gasteiger partial charge on any atom is 0.341 e. The predicted octanol–water partition coefficient (Wildman–Crippen LogP) is 2.73. The van der Waals surface area contributed by atoms with Gasteiger partial charge in [0.05, 0.1) is 31.6 Å². The Morgan fingerprint density at radius 2 is 1.92 bits per heavy atom. The van der Waals surface area contributed by atoms with Crippen LogP contribution in [-0.2, 0) is 24.2 Å². The van der Waals surface area contributed by atoms with E-state index in [9.17, 15) is 14.7 Å². The molecule has 0 saturated heterocycles. The summed E-state index contributed by atoms with van der Waals surface area (Å²) in [7, 11) is 1.29. The van der Waals surface area contributed by atoms with Crippen LogP contribution in [0, 0.1) is 0 Å². The number of methoxy groups -OCH3 is 1. The van der Waals surface area contributed by atoms with Gasteiger partial charge in [0.15, 0.2) is 5.78 Å². The van der Waals surface area contributed by atoms with Gasteiger partial charge < -0.3 is 23.8 Å². The number of hydrogen-bond acceptors (Lipinski definition) is 7. The Kier molecular flexibility index (Phi) is 5.58. The maximum absolute atomic E-state index is 11.5. The quantitative estimate of drug-likeness (QED) is 0.790. The van der Waals surface area contributed by atoms with Crippen molar-refractivity contribution in [1.29, 1.82) is 0 Å². The van der Waals surface area contributed by atoms with Gasteiger partial charge in [0, 0.05) is 30.4 Å². The summed E-state index contributed by atoms with van der Waals surface area (Å²) in [5.41, 5.74) is 2.23. The third-order valence-corrected chi connectivity index (χ3v) is 4.73. The molecule has 4 rings (SSSR count). The molecule has 7 nitrogen and oxygen atoms in total. The lowest BCUT2D eigenvalue weighted by Crippen LogP contribution is -2.13. The minimum Gasteiger partial charge on any atom is -0.469 e. The number of aryl methyl sites for hydroxylation is 2. The van der Waals surface area contributed by atoms with Gasteiger partial charge in [-0.3, -0.25) is 4.79 Å². The number of rotatable bonds is 2. The molecule has 0 amide bonds. The Hall–Kier alpha value is -2.38. The summed E-state index contributed by atoms with van der Waals surface area (Å²) >= 11 is 0. The summed E-state index contributed by atoms with van der Waals surface area (Å²) in [5, 5.41) is 18.5. The molecular formula is C19H22O7. The smallest absolute Gasteiger partial charge is 0.341 e. The summed E-state index contributed by atoms with van der Waals surface area (Å²) < 4.78 is 14.9. The molecule has 0 bridgehead atoms. The number of carbonyl (C=O) groups excluding carboxylic acids is 2. The van der Waals surface area contributed by atoms with Gasteiger partial charge in [-0.1, -0.05) is 0 Å². The van der Waals surface area contributed by atoms with Crippen molar-refractivity contribution in [2.75, 3.05) is 7.11 Å². The molecule has 1 unspecified atom stereocenters. The van der Waals surface area contributed by atoms with E-state index in [0.717, 1.165) is 49.0 Å². The second-order valence-corrected chi connectivity index (χ2v) is 6.38. The van der Waals surface area contributed by atoms with E-state index in [1.54, 1.807) is 6.26 Å². The number of aliphatic hydroxyl groups is 2. The fourth-order valence-corrected chi connectivity index (χ4v) is 3.45. The average Bonchev–Trinajstić information content (AvgIpc) is 3.27. The summed E-state index contributed by atoms with van der Waals surface area (Å²) in [4.78, 5) is 22.8. The van der Waals surface area contributed by atoms with E-state index >= 15 is 0 Å². The molecule has 0 fully saturated rings. The number of aliphatic hydroxyl groups excluding tert-OH is 2.